The van der Waals surface area contributed by atoms with E-state index in [4.69, 9.17) is 27.9 Å². The average molecular weight is 315 g/mol. The lowest BCUT2D eigenvalue weighted by atomic mass is 10.1. The maximum Gasteiger partial charge on any atom is 0.276 e. The molecule has 1 aromatic rings. The highest BCUT2D eigenvalue weighted by Crippen LogP contribution is 2.27. The number of hydrogen-bond acceptors (Lipinski definition) is 3. The second-order valence-electron chi connectivity index (χ2n) is 4.51. The van der Waals surface area contributed by atoms with Gasteiger partial charge in [0.05, 0.1) is 5.02 Å². The fourth-order valence-electron chi connectivity index (χ4n) is 1.87. The zero-order valence-corrected chi connectivity index (χ0v) is 12.4. The van der Waals surface area contributed by atoms with E-state index < -0.39 is 0 Å². The summed E-state index contributed by atoms with van der Waals surface area (Å²) in [6, 6.07) is 4.86. The molecule has 0 atom stereocenters. The normalized spacial score (nSPS) is 14.4. The SMILES string of the molecule is O=C(COc1ccc(Cl)cc1Cl)NNC1=CCCCC1. The summed E-state index contributed by atoms with van der Waals surface area (Å²) >= 11 is 11.7. The first-order valence-electron chi connectivity index (χ1n) is 6.47. The van der Waals surface area contributed by atoms with Crippen LogP contribution in [0.5, 0.6) is 5.75 Å². The predicted octanol–water partition coefficient (Wildman–Crippen LogP) is 3.45. The number of carbonyl (C=O) groups is 1. The van der Waals surface area contributed by atoms with Crippen LogP contribution in [0.15, 0.2) is 30.0 Å². The van der Waals surface area contributed by atoms with E-state index in [1.807, 2.05) is 0 Å². The van der Waals surface area contributed by atoms with Gasteiger partial charge in [0.15, 0.2) is 6.61 Å². The molecule has 2 rings (SSSR count). The number of ether oxygens (including phenoxy) is 1. The molecule has 0 radical (unpaired) electrons. The molecule has 6 heteroatoms. The molecule has 20 heavy (non-hydrogen) atoms. The van der Waals surface area contributed by atoms with E-state index in [1.165, 1.54) is 6.42 Å². The lowest BCUT2D eigenvalue weighted by molar-refractivity contribution is -0.123. The van der Waals surface area contributed by atoms with Gasteiger partial charge in [0.25, 0.3) is 5.91 Å². The summed E-state index contributed by atoms with van der Waals surface area (Å²) in [5, 5.41) is 0.908. The number of halogens is 2. The Morgan fingerprint density at radius 1 is 1.30 bits per heavy atom. The molecule has 0 aliphatic heterocycles. The van der Waals surface area contributed by atoms with Crippen molar-refractivity contribution in [2.75, 3.05) is 6.61 Å². The maximum absolute atomic E-state index is 11.6. The van der Waals surface area contributed by atoms with Gasteiger partial charge in [0.1, 0.15) is 5.75 Å². The maximum atomic E-state index is 11.6. The van der Waals surface area contributed by atoms with Gasteiger partial charge in [-0.05, 0) is 43.9 Å². The van der Waals surface area contributed by atoms with Gasteiger partial charge in [-0.1, -0.05) is 29.3 Å². The van der Waals surface area contributed by atoms with Crippen LogP contribution in [0.4, 0.5) is 0 Å². The second-order valence-corrected chi connectivity index (χ2v) is 5.36. The minimum atomic E-state index is -0.262. The molecule has 1 aliphatic carbocycles. The van der Waals surface area contributed by atoms with Crippen molar-refractivity contribution in [1.82, 2.24) is 10.9 Å². The molecule has 0 aromatic heterocycles. The van der Waals surface area contributed by atoms with Crippen LogP contribution >= 0.6 is 23.2 Å². The second kappa shape index (κ2) is 7.41. The van der Waals surface area contributed by atoms with Crippen LogP contribution in [-0.2, 0) is 4.79 Å². The monoisotopic (exact) mass is 314 g/mol. The molecule has 1 aromatic carbocycles. The van der Waals surface area contributed by atoms with Crippen molar-refractivity contribution in [3.8, 4) is 5.75 Å². The Morgan fingerprint density at radius 3 is 2.85 bits per heavy atom. The molecular formula is C14H16Cl2N2O2. The molecule has 0 unspecified atom stereocenters. The van der Waals surface area contributed by atoms with Gasteiger partial charge in [-0.15, -0.1) is 0 Å². The molecule has 0 saturated carbocycles. The van der Waals surface area contributed by atoms with E-state index in [9.17, 15) is 4.79 Å². The number of benzene rings is 1. The summed E-state index contributed by atoms with van der Waals surface area (Å²) in [6.07, 6.45) is 6.46. The van der Waals surface area contributed by atoms with Crippen molar-refractivity contribution in [3.05, 3.63) is 40.0 Å². The topological polar surface area (TPSA) is 50.4 Å². The van der Waals surface area contributed by atoms with Gasteiger partial charge in [-0.25, -0.2) is 0 Å². The first-order chi connectivity index (χ1) is 9.65. The summed E-state index contributed by atoms with van der Waals surface area (Å²) in [6.45, 7) is -0.109. The van der Waals surface area contributed by atoms with Crippen molar-refractivity contribution in [3.63, 3.8) is 0 Å². The number of rotatable bonds is 5. The van der Waals surface area contributed by atoms with Crippen LogP contribution in [0.25, 0.3) is 0 Å². The van der Waals surface area contributed by atoms with Gasteiger partial charge in [0, 0.05) is 10.7 Å². The van der Waals surface area contributed by atoms with Gasteiger partial charge >= 0.3 is 0 Å². The van der Waals surface area contributed by atoms with Gasteiger partial charge in [-0.2, -0.15) is 0 Å². The zero-order chi connectivity index (χ0) is 14.4. The minimum absolute atomic E-state index is 0.109. The minimum Gasteiger partial charge on any atom is -0.482 e. The predicted molar refractivity (Wildman–Crippen MR) is 79.8 cm³/mol. The first-order valence-corrected chi connectivity index (χ1v) is 7.22. The van der Waals surface area contributed by atoms with E-state index in [0.717, 1.165) is 25.0 Å². The molecule has 4 nitrogen and oxygen atoms in total. The number of nitrogens with one attached hydrogen (secondary N) is 2. The largest absolute Gasteiger partial charge is 0.482 e. The fourth-order valence-corrected chi connectivity index (χ4v) is 2.34. The summed E-state index contributed by atoms with van der Waals surface area (Å²) in [4.78, 5) is 11.6. The summed E-state index contributed by atoms with van der Waals surface area (Å²) in [7, 11) is 0. The number of hydrazine groups is 1. The van der Waals surface area contributed by atoms with Crippen molar-refractivity contribution in [2.24, 2.45) is 0 Å². The number of carbonyl (C=O) groups excluding carboxylic acids is 1. The lowest BCUT2D eigenvalue weighted by Gasteiger charge is -2.16. The molecule has 0 bridgehead atoms. The summed E-state index contributed by atoms with van der Waals surface area (Å²) < 4.78 is 5.33. The van der Waals surface area contributed by atoms with Crippen molar-refractivity contribution in [2.45, 2.75) is 25.7 Å². The Balaban J connectivity index is 1.75. The molecule has 108 valence electrons. The Kier molecular flexibility index (Phi) is 5.56. The van der Waals surface area contributed by atoms with E-state index in [-0.39, 0.29) is 12.5 Å². The van der Waals surface area contributed by atoms with Crippen LogP contribution in [0.1, 0.15) is 25.7 Å². The van der Waals surface area contributed by atoms with E-state index in [1.54, 1.807) is 18.2 Å². The van der Waals surface area contributed by atoms with Crippen LogP contribution in [-0.4, -0.2) is 12.5 Å². The standard InChI is InChI=1S/C14H16Cl2N2O2/c15-10-6-7-13(12(16)8-10)20-9-14(19)18-17-11-4-2-1-3-5-11/h4,6-8,17H,1-3,5,9H2,(H,18,19). The van der Waals surface area contributed by atoms with Gasteiger partial charge in [0.2, 0.25) is 0 Å². The zero-order valence-electron chi connectivity index (χ0n) is 10.9. The lowest BCUT2D eigenvalue weighted by Crippen LogP contribution is -2.40. The van der Waals surface area contributed by atoms with Crippen molar-refractivity contribution < 1.29 is 9.53 Å². The molecule has 1 amide bonds. The van der Waals surface area contributed by atoms with Crippen molar-refractivity contribution in [1.29, 1.82) is 0 Å². The average Bonchev–Trinajstić information content (AvgIpc) is 2.45. The number of amides is 1. The third-order valence-corrected chi connectivity index (χ3v) is 3.44. The highest BCUT2D eigenvalue weighted by molar-refractivity contribution is 6.35. The van der Waals surface area contributed by atoms with E-state index in [2.05, 4.69) is 16.9 Å². The van der Waals surface area contributed by atoms with Crippen molar-refractivity contribution >= 4 is 29.1 Å². The number of hydrogen-bond donors (Lipinski definition) is 2. The third kappa shape index (κ3) is 4.62. The summed E-state index contributed by atoms with van der Waals surface area (Å²) in [5.74, 6) is 0.172. The van der Waals surface area contributed by atoms with Crippen LogP contribution in [0.2, 0.25) is 10.0 Å². The highest BCUT2D eigenvalue weighted by atomic mass is 35.5. The van der Waals surface area contributed by atoms with Crippen LogP contribution < -0.4 is 15.6 Å². The van der Waals surface area contributed by atoms with Crippen LogP contribution in [0, 0.1) is 0 Å². The Hall–Kier alpha value is -1.39. The Morgan fingerprint density at radius 2 is 2.15 bits per heavy atom. The molecule has 2 N–H and O–H groups in total. The number of allylic oxidation sites excluding steroid dienone is 2. The van der Waals surface area contributed by atoms with Crippen LogP contribution in [0.3, 0.4) is 0 Å². The molecule has 1 aliphatic rings. The first kappa shape index (κ1) is 15.0. The Labute approximate surface area is 128 Å². The quantitative estimate of drug-likeness (QED) is 0.818. The summed E-state index contributed by atoms with van der Waals surface area (Å²) in [5.41, 5.74) is 6.56. The molecule has 0 saturated heterocycles. The molecular weight excluding hydrogens is 299 g/mol. The smallest absolute Gasteiger partial charge is 0.276 e. The molecule has 0 fully saturated rings. The van der Waals surface area contributed by atoms with Gasteiger partial charge in [-0.3, -0.25) is 10.2 Å². The highest BCUT2D eigenvalue weighted by Gasteiger charge is 2.08. The van der Waals surface area contributed by atoms with Gasteiger partial charge < -0.3 is 10.2 Å². The molecule has 0 heterocycles. The van der Waals surface area contributed by atoms with E-state index in [0.29, 0.717) is 15.8 Å². The molecule has 0 spiro atoms. The fraction of sp³-hybridized carbons (Fsp3) is 0.357. The third-order valence-electron chi connectivity index (χ3n) is 2.91. The Bertz CT molecular complexity index is 518. The van der Waals surface area contributed by atoms with E-state index >= 15 is 0 Å².